The lowest BCUT2D eigenvalue weighted by Gasteiger charge is -2.19. The first-order valence-corrected chi connectivity index (χ1v) is 5.65. The highest BCUT2D eigenvalue weighted by Gasteiger charge is 2.32. The highest BCUT2D eigenvalue weighted by Crippen LogP contribution is 2.29. The Morgan fingerprint density at radius 3 is 2.22 bits per heavy atom. The van der Waals surface area contributed by atoms with E-state index in [1.807, 2.05) is 5.32 Å². The smallest absolute Gasteiger partial charge is 0.269 e. The zero-order chi connectivity index (χ0) is 13.9. The minimum Gasteiger partial charge on any atom is -0.369 e. The first kappa shape index (κ1) is 15.0. The summed E-state index contributed by atoms with van der Waals surface area (Å²) in [6.07, 6.45) is -1.69. The van der Waals surface area contributed by atoms with Gasteiger partial charge in [-0.3, -0.25) is 14.9 Å². The van der Waals surface area contributed by atoms with Gasteiger partial charge in [0.25, 0.3) is 11.6 Å². The normalized spacial score (nSPS) is 12.9. The van der Waals surface area contributed by atoms with E-state index in [1.165, 1.54) is 12.1 Å². The number of aliphatic hydroxyl groups is 1. The van der Waals surface area contributed by atoms with Crippen LogP contribution in [-0.2, 0) is 0 Å². The zero-order valence-corrected chi connectivity index (χ0v) is 10.9. The molecule has 0 aliphatic heterocycles. The number of halogens is 3. The molecule has 0 saturated heterocycles. The summed E-state index contributed by atoms with van der Waals surface area (Å²) in [4.78, 5) is 21.4. The van der Waals surface area contributed by atoms with E-state index in [0.717, 1.165) is 12.1 Å². The number of benzene rings is 1. The lowest BCUT2D eigenvalue weighted by Crippen LogP contribution is -2.43. The van der Waals surface area contributed by atoms with Crippen molar-refractivity contribution in [2.24, 2.45) is 0 Å². The van der Waals surface area contributed by atoms with Crippen molar-refractivity contribution < 1.29 is 14.8 Å². The number of carbonyl (C=O) groups is 1. The summed E-state index contributed by atoms with van der Waals surface area (Å²) in [5.74, 6) is -0.719. The number of hydrogen-bond donors (Lipinski definition) is 2. The van der Waals surface area contributed by atoms with Crippen LogP contribution in [0.3, 0.4) is 0 Å². The van der Waals surface area contributed by atoms with Crippen molar-refractivity contribution in [3.63, 3.8) is 0 Å². The van der Waals surface area contributed by atoms with E-state index in [0.29, 0.717) is 0 Å². The topological polar surface area (TPSA) is 92.5 Å². The van der Waals surface area contributed by atoms with E-state index in [4.69, 9.17) is 34.8 Å². The summed E-state index contributed by atoms with van der Waals surface area (Å²) < 4.78 is -2.06. The molecule has 0 spiro atoms. The number of nitrogens with one attached hydrogen (secondary N) is 1. The highest BCUT2D eigenvalue weighted by atomic mass is 35.6. The summed E-state index contributed by atoms with van der Waals surface area (Å²) in [7, 11) is 0. The Hall–Kier alpha value is -1.08. The summed E-state index contributed by atoms with van der Waals surface area (Å²) in [6, 6.07) is 4.74. The van der Waals surface area contributed by atoms with Gasteiger partial charge < -0.3 is 10.4 Å². The maximum atomic E-state index is 11.6. The van der Waals surface area contributed by atoms with Crippen molar-refractivity contribution in [1.29, 1.82) is 0 Å². The van der Waals surface area contributed by atoms with Gasteiger partial charge in [-0.2, -0.15) is 0 Å². The second-order valence-corrected chi connectivity index (χ2v) is 5.59. The fourth-order valence-electron chi connectivity index (χ4n) is 1.02. The van der Waals surface area contributed by atoms with Crippen LogP contribution >= 0.6 is 34.8 Å². The van der Waals surface area contributed by atoms with E-state index in [9.17, 15) is 20.0 Å². The fraction of sp³-hybridized carbons (Fsp3) is 0.222. The van der Waals surface area contributed by atoms with Crippen LogP contribution in [0.5, 0.6) is 0 Å². The Kier molecular flexibility index (Phi) is 4.75. The molecule has 18 heavy (non-hydrogen) atoms. The predicted molar refractivity (Wildman–Crippen MR) is 66.9 cm³/mol. The molecule has 1 aromatic rings. The molecular formula is C9H7Cl3N2O4. The fourth-order valence-corrected chi connectivity index (χ4v) is 1.19. The molecule has 0 saturated carbocycles. The molecule has 0 radical (unpaired) electrons. The molecule has 0 fully saturated rings. The molecule has 6 nitrogen and oxygen atoms in total. The average Bonchev–Trinajstić information content (AvgIpc) is 2.27. The number of rotatable bonds is 3. The van der Waals surface area contributed by atoms with Crippen molar-refractivity contribution in [1.82, 2.24) is 5.32 Å². The van der Waals surface area contributed by atoms with E-state index >= 15 is 0 Å². The molecule has 1 amide bonds. The molecule has 1 unspecified atom stereocenters. The molecule has 0 bridgehead atoms. The number of aliphatic hydroxyl groups excluding tert-OH is 1. The van der Waals surface area contributed by atoms with E-state index < -0.39 is 20.9 Å². The Balaban J connectivity index is 2.76. The lowest BCUT2D eigenvalue weighted by molar-refractivity contribution is -0.384. The Bertz CT molecular complexity index is 458. The number of non-ortho nitro benzene ring substituents is 1. The molecule has 9 heteroatoms. The highest BCUT2D eigenvalue weighted by molar-refractivity contribution is 6.68. The number of nitro groups is 1. The van der Waals surface area contributed by atoms with Crippen LogP contribution < -0.4 is 5.32 Å². The number of nitro benzene ring substituents is 1. The van der Waals surface area contributed by atoms with Crippen molar-refractivity contribution >= 4 is 46.4 Å². The minimum absolute atomic E-state index is 0.0916. The van der Waals surface area contributed by atoms with Gasteiger partial charge >= 0.3 is 0 Å². The average molecular weight is 314 g/mol. The number of carbonyl (C=O) groups excluding carboxylic acids is 1. The first-order valence-electron chi connectivity index (χ1n) is 4.52. The van der Waals surface area contributed by atoms with Gasteiger partial charge in [-0.25, -0.2) is 0 Å². The number of amides is 1. The first-order chi connectivity index (χ1) is 8.21. The number of hydrogen-bond acceptors (Lipinski definition) is 4. The largest absolute Gasteiger partial charge is 0.369 e. The van der Waals surface area contributed by atoms with Gasteiger partial charge in [0.15, 0.2) is 6.23 Å². The van der Waals surface area contributed by atoms with Gasteiger partial charge in [0, 0.05) is 17.7 Å². The molecule has 0 heterocycles. The van der Waals surface area contributed by atoms with E-state index in [-0.39, 0.29) is 11.3 Å². The third kappa shape index (κ3) is 3.99. The van der Waals surface area contributed by atoms with Crippen LogP contribution in [0.25, 0.3) is 0 Å². The maximum absolute atomic E-state index is 11.6. The third-order valence-electron chi connectivity index (χ3n) is 1.92. The monoisotopic (exact) mass is 312 g/mol. The second-order valence-electron chi connectivity index (χ2n) is 3.22. The maximum Gasteiger partial charge on any atom is 0.269 e. The van der Waals surface area contributed by atoms with Crippen LogP contribution in [0.4, 0.5) is 5.69 Å². The number of alkyl halides is 3. The number of nitrogens with zero attached hydrogens (tertiary/aromatic N) is 1. The minimum atomic E-state index is -2.06. The van der Waals surface area contributed by atoms with Crippen molar-refractivity contribution in [2.45, 2.75) is 10.0 Å². The Labute approximate surface area is 117 Å². The molecule has 0 aromatic heterocycles. The van der Waals surface area contributed by atoms with Crippen LogP contribution in [0.15, 0.2) is 24.3 Å². The molecule has 98 valence electrons. The van der Waals surface area contributed by atoms with Gasteiger partial charge in [-0.15, -0.1) is 0 Å². The van der Waals surface area contributed by atoms with Gasteiger partial charge in [0.1, 0.15) is 0 Å². The van der Waals surface area contributed by atoms with Crippen molar-refractivity contribution in [3.8, 4) is 0 Å². The van der Waals surface area contributed by atoms with Crippen LogP contribution in [-0.4, -0.2) is 26.0 Å². The summed E-state index contributed by atoms with van der Waals surface area (Å²) in [6.45, 7) is 0. The van der Waals surface area contributed by atoms with Gasteiger partial charge in [0.05, 0.1) is 4.92 Å². The van der Waals surface area contributed by atoms with E-state index in [2.05, 4.69) is 0 Å². The van der Waals surface area contributed by atoms with Crippen LogP contribution in [0, 0.1) is 10.1 Å². The molecule has 2 N–H and O–H groups in total. The van der Waals surface area contributed by atoms with Crippen LogP contribution in [0.1, 0.15) is 10.4 Å². The molecular weight excluding hydrogens is 306 g/mol. The Morgan fingerprint density at radius 2 is 1.83 bits per heavy atom. The van der Waals surface area contributed by atoms with Crippen LogP contribution in [0.2, 0.25) is 0 Å². The summed E-state index contributed by atoms with van der Waals surface area (Å²) in [5, 5.41) is 21.8. The third-order valence-corrected chi connectivity index (χ3v) is 2.54. The van der Waals surface area contributed by atoms with E-state index in [1.54, 1.807) is 0 Å². The summed E-state index contributed by atoms with van der Waals surface area (Å²) >= 11 is 16.1. The van der Waals surface area contributed by atoms with Crippen molar-refractivity contribution in [2.75, 3.05) is 0 Å². The van der Waals surface area contributed by atoms with Crippen molar-refractivity contribution in [3.05, 3.63) is 39.9 Å². The van der Waals surface area contributed by atoms with Gasteiger partial charge in [-0.05, 0) is 12.1 Å². The molecule has 1 aromatic carbocycles. The molecule has 0 aliphatic carbocycles. The Morgan fingerprint density at radius 1 is 1.33 bits per heavy atom. The molecule has 1 atom stereocenters. The lowest BCUT2D eigenvalue weighted by atomic mass is 10.2. The van der Waals surface area contributed by atoms with Gasteiger partial charge in [-0.1, -0.05) is 34.8 Å². The molecule has 0 aliphatic rings. The van der Waals surface area contributed by atoms with Gasteiger partial charge in [0.2, 0.25) is 3.79 Å². The zero-order valence-electron chi connectivity index (χ0n) is 8.64. The second kappa shape index (κ2) is 5.71. The summed E-state index contributed by atoms with van der Waals surface area (Å²) in [5.41, 5.74) is -0.0672. The predicted octanol–water partition coefficient (Wildman–Crippen LogP) is 2.01. The SMILES string of the molecule is O=C(NC(O)C(Cl)(Cl)Cl)c1ccc([N+](=O)[O-])cc1. The standard InChI is InChI=1S/C9H7Cl3N2O4/c10-9(11,12)8(16)13-7(15)5-1-3-6(4-2-5)14(17)18/h1-4,8,16H,(H,13,15). The quantitative estimate of drug-likeness (QED) is 0.386. The molecule has 1 rings (SSSR count).